The van der Waals surface area contributed by atoms with Crippen LogP contribution in [0.5, 0.6) is 0 Å². The summed E-state index contributed by atoms with van der Waals surface area (Å²) in [6, 6.07) is 0. The first kappa shape index (κ1) is 15.4. The number of ketones is 1. The van der Waals surface area contributed by atoms with Crippen molar-refractivity contribution in [2.45, 2.75) is 40.2 Å². The van der Waals surface area contributed by atoms with Crippen molar-refractivity contribution in [2.75, 3.05) is 7.11 Å². The molecule has 0 N–H and O–H groups in total. The lowest BCUT2D eigenvalue weighted by Crippen LogP contribution is -2.37. The Bertz CT molecular complexity index is 447. The number of rotatable bonds is 4. The minimum atomic E-state index is -0.403. The third-order valence-corrected chi connectivity index (χ3v) is 3.95. The van der Waals surface area contributed by atoms with E-state index >= 15 is 0 Å². The number of carbonyl (C=O) groups excluding carboxylic acids is 1. The topological polar surface area (TPSA) is 44.1 Å². The number of hydrogen-bond acceptors (Lipinski definition) is 3. The lowest BCUT2D eigenvalue weighted by Gasteiger charge is -2.28. The van der Waals surface area contributed by atoms with Gasteiger partial charge in [0.25, 0.3) is 0 Å². The molecule has 1 aromatic heterocycles. The summed E-state index contributed by atoms with van der Waals surface area (Å²) < 4.78 is 7.99. The number of ether oxygens (including phenoxy) is 1. The zero-order chi connectivity index (χ0) is 14.1. The van der Waals surface area contributed by atoms with Gasteiger partial charge in [-0.25, -0.2) is 0 Å². The van der Waals surface area contributed by atoms with Gasteiger partial charge in [-0.05, 0) is 28.3 Å². The molecule has 0 aromatic carbocycles. The molecule has 1 unspecified atom stereocenters. The Morgan fingerprint density at radius 2 is 2.06 bits per heavy atom. The highest BCUT2D eigenvalue weighted by Gasteiger charge is 2.32. The van der Waals surface area contributed by atoms with Gasteiger partial charge in [-0.15, -0.1) is 0 Å². The molecule has 0 fully saturated rings. The molecule has 0 aliphatic heterocycles. The number of aromatic nitrogens is 2. The van der Waals surface area contributed by atoms with Gasteiger partial charge in [0.2, 0.25) is 0 Å². The molecular formula is C13H21BrN2O2. The maximum Gasteiger partial charge on any atom is 0.168 e. The normalized spacial score (nSPS) is 13.7. The molecule has 0 aliphatic carbocycles. The first-order chi connectivity index (χ1) is 8.18. The van der Waals surface area contributed by atoms with Gasteiger partial charge < -0.3 is 4.74 Å². The molecule has 0 bridgehead atoms. The molecule has 1 aromatic rings. The lowest BCUT2D eigenvalue weighted by atomic mass is 9.85. The number of nitrogens with zero attached hydrogens (tertiary/aromatic N) is 2. The summed E-state index contributed by atoms with van der Waals surface area (Å²) in [6.07, 6.45) is -0.0761. The van der Waals surface area contributed by atoms with Crippen molar-refractivity contribution in [3.8, 4) is 0 Å². The predicted molar refractivity (Wildman–Crippen MR) is 74.6 cm³/mol. The lowest BCUT2D eigenvalue weighted by molar-refractivity contribution is -0.134. The van der Waals surface area contributed by atoms with Gasteiger partial charge in [0.15, 0.2) is 5.78 Å². The minimum Gasteiger partial charge on any atom is -0.373 e. The second-order valence-electron chi connectivity index (χ2n) is 5.59. The SMILES string of the molecule is COC(C(=O)Cc1c(Br)c(C)nn1C)C(C)(C)C. The van der Waals surface area contributed by atoms with E-state index in [2.05, 4.69) is 21.0 Å². The van der Waals surface area contributed by atoms with Crippen LogP contribution in [-0.4, -0.2) is 28.8 Å². The third kappa shape index (κ3) is 3.20. The number of aryl methyl sites for hydroxylation is 2. The van der Waals surface area contributed by atoms with Gasteiger partial charge in [-0.1, -0.05) is 20.8 Å². The van der Waals surface area contributed by atoms with Crippen LogP contribution in [-0.2, 0) is 23.0 Å². The first-order valence-electron chi connectivity index (χ1n) is 5.92. The van der Waals surface area contributed by atoms with Crippen molar-refractivity contribution in [1.29, 1.82) is 0 Å². The molecule has 1 rings (SSSR count). The third-order valence-electron chi connectivity index (χ3n) is 2.92. The zero-order valence-electron chi connectivity index (χ0n) is 11.9. The van der Waals surface area contributed by atoms with E-state index in [1.807, 2.05) is 34.7 Å². The van der Waals surface area contributed by atoms with Crippen molar-refractivity contribution in [1.82, 2.24) is 9.78 Å². The molecule has 18 heavy (non-hydrogen) atoms. The molecule has 0 aliphatic rings. The average molecular weight is 317 g/mol. The van der Waals surface area contributed by atoms with Gasteiger partial charge in [0, 0.05) is 14.2 Å². The molecule has 102 valence electrons. The van der Waals surface area contributed by atoms with Crippen molar-refractivity contribution >= 4 is 21.7 Å². The van der Waals surface area contributed by atoms with E-state index in [4.69, 9.17) is 4.74 Å². The molecule has 0 spiro atoms. The summed E-state index contributed by atoms with van der Waals surface area (Å²) in [5, 5.41) is 4.29. The number of hydrogen-bond donors (Lipinski definition) is 0. The van der Waals surface area contributed by atoms with E-state index in [-0.39, 0.29) is 11.2 Å². The summed E-state index contributed by atoms with van der Waals surface area (Å²) in [7, 11) is 3.43. The van der Waals surface area contributed by atoms with Gasteiger partial charge >= 0.3 is 0 Å². The van der Waals surface area contributed by atoms with Crippen LogP contribution in [0.1, 0.15) is 32.2 Å². The Labute approximate surface area is 117 Å². The van der Waals surface area contributed by atoms with Crippen LogP contribution in [0, 0.1) is 12.3 Å². The molecular weight excluding hydrogens is 296 g/mol. The van der Waals surface area contributed by atoms with Crippen molar-refractivity contribution in [3.05, 3.63) is 15.9 Å². The molecule has 1 atom stereocenters. The summed E-state index contributed by atoms with van der Waals surface area (Å²) >= 11 is 3.47. The van der Waals surface area contributed by atoms with E-state index in [1.165, 1.54) is 0 Å². The minimum absolute atomic E-state index is 0.0775. The van der Waals surface area contributed by atoms with Gasteiger partial charge in [-0.3, -0.25) is 9.48 Å². The quantitative estimate of drug-likeness (QED) is 0.857. The fourth-order valence-electron chi connectivity index (χ4n) is 2.10. The van der Waals surface area contributed by atoms with Crippen LogP contribution in [0.2, 0.25) is 0 Å². The Hall–Kier alpha value is -0.680. The van der Waals surface area contributed by atoms with Gasteiger partial charge in [0.1, 0.15) is 6.10 Å². The summed E-state index contributed by atoms with van der Waals surface area (Å²) in [6.45, 7) is 7.92. The fraction of sp³-hybridized carbons (Fsp3) is 0.692. The molecule has 0 saturated heterocycles. The highest BCUT2D eigenvalue weighted by Crippen LogP contribution is 2.26. The van der Waals surface area contributed by atoms with Crippen LogP contribution in [0.15, 0.2) is 4.47 Å². The summed E-state index contributed by atoms with van der Waals surface area (Å²) in [4.78, 5) is 12.3. The molecule has 0 radical (unpaired) electrons. The summed E-state index contributed by atoms with van der Waals surface area (Å²) in [5.41, 5.74) is 1.58. The van der Waals surface area contributed by atoms with Crippen LogP contribution >= 0.6 is 15.9 Å². The van der Waals surface area contributed by atoms with E-state index in [1.54, 1.807) is 11.8 Å². The smallest absolute Gasteiger partial charge is 0.168 e. The number of methoxy groups -OCH3 is 1. The maximum atomic E-state index is 12.3. The van der Waals surface area contributed by atoms with Crippen LogP contribution < -0.4 is 0 Å². The van der Waals surface area contributed by atoms with Crippen LogP contribution in [0.25, 0.3) is 0 Å². The molecule has 1 heterocycles. The van der Waals surface area contributed by atoms with Crippen LogP contribution in [0.3, 0.4) is 0 Å². The van der Waals surface area contributed by atoms with Gasteiger partial charge in [0.05, 0.1) is 22.3 Å². The zero-order valence-corrected chi connectivity index (χ0v) is 13.5. The molecule has 5 heteroatoms. The molecule has 0 amide bonds. The highest BCUT2D eigenvalue weighted by molar-refractivity contribution is 9.10. The average Bonchev–Trinajstić information content (AvgIpc) is 2.44. The predicted octanol–water partition coefficient (Wildman–Crippen LogP) is 2.66. The monoisotopic (exact) mass is 316 g/mol. The highest BCUT2D eigenvalue weighted by atomic mass is 79.9. The Kier molecular flexibility index (Phi) is 4.72. The van der Waals surface area contributed by atoms with Crippen LogP contribution in [0.4, 0.5) is 0 Å². The number of Topliss-reactive ketones (excluding diaryl/α,β-unsaturated/α-hetero) is 1. The Morgan fingerprint density at radius 1 is 1.50 bits per heavy atom. The molecule has 4 nitrogen and oxygen atoms in total. The second kappa shape index (κ2) is 5.53. The van der Waals surface area contributed by atoms with Gasteiger partial charge in [-0.2, -0.15) is 5.10 Å². The molecule has 0 saturated carbocycles. The summed E-state index contributed by atoms with van der Waals surface area (Å²) in [5.74, 6) is 0.0775. The van der Waals surface area contributed by atoms with Crippen molar-refractivity contribution < 1.29 is 9.53 Å². The van der Waals surface area contributed by atoms with E-state index in [9.17, 15) is 4.79 Å². The Balaban J connectivity index is 2.94. The fourth-order valence-corrected chi connectivity index (χ4v) is 2.57. The largest absolute Gasteiger partial charge is 0.373 e. The first-order valence-corrected chi connectivity index (χ1v) is 6.71. The van der Waals surface area contributed by atoms with E-state index in [0.717, 1.165) is 15.9 Å². The van der Waals surface area contributed by atoms with Crippen molar-refractivity contribution in [3.63, 3.8) is 0 Å². The Morgan fingerprint density at radius 3 is 2.39 bits per heavy atom. The second-order valence-corrected chi connectivity index (χ2v) is 6.39. The van der Waals surface area contributed by atoms with E-state index < -0.39 is 6.10 Å². The van der Waals surface area contributed by atoms with E-state index in [0.29, 0.717) is 6.42 Å². The standard InChI is InChI=1S/C13H21BrN2O2/c1-8-11(14)9(16(5)15-8)7-10(17)12(18-6)13(2,3)4/h12H,7H2,1-6H3. The van der Waals surface area contributed by atoms with Crippen molar-refractivity contribution in [2.24, 2.45) is 12.5 Å². The maximum absolute atomic E-state index is 12.3. The number of carbonyl (C=O) groups is 1. The number of halogens is 1.